The molecule has 0 N–H and O–H groups in total. The average molecular weight is 200 g/mol. The Bertz CT molecular complexity index is 361. The third-order valence-electron chi connectivity index (χ3n) is 1.73. The highest BCUT2D eigenvalue weighted by molar-refractivity contribution is 5.94. The molecule has 0 saturated carbocycles. The summed E-state index contributed by atoms with van der Waals surface area (Å²) >= 11 is 0. The van der Waals surface area contributed by atoms with E-state index in [-0.39, 0.29) is 17.9 Å². The molecule has 0 aliphatic rings. The molecule has 0 radical (unpaired) electrons. The van der Waals surface area contributed by atoms with Crippen molar-refractivity contribution >= 4 is 5.78 Å². The van der Waals surface area contributed by atoms with Gasteiger partial charge in [0.05, 0.1) is 12.2 Å². The van der Waals surface area contributed by atoms with Crippen molar-refractivity contribution in [3.05, 3.63) is 29.3 Å². The maximum absolute atomic E-state index is 13.2. The fourth-order valence-corrected chi connectivity index (χ4v) is 1.07. The van der Waals surface area contributed by atoms with Gasteiger partial charge >= 0.3 is 0 Å². The zero-order chi connectivity index (χ0) is 10.7. The molecule has 4 heteroatoms. The summed E-state index contributed by atoms with van der Waals surface area (Å²) in [7, 11) is 0. The summed E-state index contributed by atoms with van der Waals surface area (Å²) in [6.45, 7) is 3.09. The van der Waals surface area contributed by atoms with Crippen molar-refractivity contribution in [2.75, 3.05) is 6.61 Å². The lowest BCUT2D eigenvalue weighted by molar-refractivity contribution is 0.101. The number of carbonyl (C=O) groups is 1. The zero-order valence-corrected chi connectivity index (χ0v) is 7.93. The van der Waals surface area contributed by atoms with E-state index in [9.17, 15) is 13.6 Å². The molecular formula is C10H10F2O2. The van der Waals surface area contributed by atoms with Gasteiger partial charge in [0.2, 0.25) is 5.82 Å². The molecule has 1 aromatic carbocycles. The first kappa shape index (κ1) is 10.6. The van der Waals surface area contributed by atoms with Gasteiger partial charge in [0.1, 0.15) is 0 Å². The summed E-state index contributed by atoms with van der Waals surface area (Å²) in [5, 5.41) is 0. The SMILES string of the molecule is CCOc1ccc(C(C)=O)c(F)c1F. The normalized spacial score (nSPS) is 10.0. The van der Waals surface area contributed by atoms with Crippen LogP contribution in [0, 0.1) is 11.6 Å². The van der Waals surface area contributed by atoms with Crippen molar-refractivity contribution in [1.29, 1.82) is 0 Å². The van der Waals surface area contributed by atoms with Crippen LogP contribution in [0.25, 0.3) is 0 Å². The minimum absolute atomic E-state index is 0.171. The number of hydrogen-bond donors (Lipinski definition) is 0. The molecule has 0 bridgehead atoms. The first-order valence-corrected chi connectivity index (χ1v) is 4.19. The van der Waals surface area contributed by atoms with E-state index in [1.807, 2.05) is 0 Å². The van der Waals surface area contributed by atoms with Gasteiger partial charge in [-0.15, -0.1) is 0 Å². The van der Waals surface area contributed by atoms with Gasteiger partial charge in [-0.2, -0.15) is 4.39 Å². The van der Waals surface area contributed by atoms with Crippen LogP contribution in [0.1, 0.15) is 24.2 Å². The van der Waals surface area contributed by atoms with Gasteiger partial charge in [0.15, 0.2) is 17.3 Å². The Morgan fingerprint density at radius 3 is 2.50 bits per heavy atom. The van der Waals surface area contributed by atoms with E-state index in [0.29, 0.717) is 0 Å². The lowest BCUT2D eigenvalue weighted by Crippen LogP contribution is -2.03. The Labute approximate surface area is 80.5 Å². The predicted molar refractivity (Wildman–Crippen MR) is 47.5 cm³/mol. The van der Waals surface area contributed by atoms with Crippen molar-refractivity contribution in [1.82, 2.24) is 0 Å². The highest BCUT2D eigenvalue weighted by Gasteiger charge is 2.16. The minimum atomic E-state index is -1.15. The highest BCUT2D eigenvalue weighted by atomic mass is 19.2. The first-order valence-electron chi connectivity index (χ1n) is 4.19. The van der Waals surface area contributed by atoms with Gasteiger partial charge < -0.3 is 4.74 Å². The molecule has 2 nitrogen and oxygen atoms in total. The monoisotopic (exact) mass is 200 g/mol. The van der Waals surface area contributed by atoms with Gasteiger partial charge in [-0.25, -0.2) is 4.39 Å². The van der Waals surface area contributed by atoms with Gasteiger partial charge in [-0.1, -0.05) is 0 Å². The number of halogens is 2. The molecule has 1 aromatic rings. The summed E-state index contributed by atoms with van der Waals surface area (Å²) in [5.74, 6) is -2.94. The molecule has 0 aromatic heterocycles. The van der Waals surface area contributed by atoms with Gasteiger partial charge in [0, 0.05) is 0 Å². The molecule has 0 saturated heterocycles. The zero-order valence-electron chi connectivity index (χ0n) is 7.93. The number of carbonyl (C=O) groups excluding carboxylic acids is 1. The van der Waals surface area contributed by atoms with Crippen LogP contribution in [0.5, 0.6) is 5.75 Å². The Balaban J connectivity index is 3.19. The molecule has 0 aliphatic carbocycles. The molecular weight excluding hydrogens is 190 g/mol. The second kappa shape index (κ2) is 4.17. The number of ketones is 1. The number of rotatable bonds is 3. The van der Waals surface area contributed by atoms with Crippen LogP contribution in [-0.2, 0) is 0 Å². The van der Waals surface area contributed by atoms with Crippen LogP contribution in [0.2, 0.25) is 0 Å². The summed E-state index contributed by atoms with van der Waals surface area (Å²) in [4.78, 5) is 10.8. The van der Waals surface area contributed by atoms with Gasteiger partial charge in [-0.3, -0.25) is 4.79 Å². The molecule has 0 fully saturated rings. The molecule has 0 aliphatic heterocycles. The molecule has 0 heterocycles. The van der Waals surface area contributed by atoms with E-state index < -0.39 is 17.4 Å². The van der Waals surface area contributed by atoms with Gasteiger partial charge in [0.25, 0.3) is 0 Å². The van der Waals surface area contributed by atoms with Crippen LogP contribution in [0.15, 0.2) is 12.1 Å². The number of ether oxygens (including phenoxy) is 1. The molecule has 0 amide bonds. The summed E-state index contributed by atoms with van der Waals surface area (Å²) in [6.07, 6.45) is 0. The standard InChI is InChI=1S/C10H10F2O2/c1-3-14-8-5-4-7(6(2)13)9(11)10(8)12/h4-5H,3H2,1-2H3. The molecule has 14 heavy (non-hydrogen) atoms. The summed E-state index contributed by atoms with van der Waals surface area (Å²) in [6, 6.07) is 2.46. The molecule has 0 atom stereocenters. The number of Topliss-reactive ketones (excluding diaryl/α,β-unsaturated/α-hetero) is 1. The van der Waals surface area contributed by atoms with E-state index >= 15 is 0 Å². The van der Waals surface area contributed by atoms with E-state index in [1.54, 1.807) is 6.92 Å². The molecule has 76 valence electrons. The van der Waals surface area contributed by atoms with Crippen molar-refractivity contribution in [2.24, 2.45) is 0 Å². The molecule has 0 spiro atoms. The molecule has 0 unspecified atom stereocenters. The van der Waals surface area contributed by atoms with Crippen LogP contribution < -0.4 is 4.74 Å². The third-order valence-corrected chi connectivity index (χ3v) is 1.73. The van der Waals surface area contributed by atoms with E-state index in [2.05, 4.69) is 0 Å². The van der Waals surface area contributed by atoms with Gasteiger partial charge in [-0.05, 0) is 26.0 Å². The largest absolute Gasteiger partial charge is 0.491 e. The third kappa shape index (κ3) is 1.89. The van der Waals surface area contributed by atoms with Crippen LogP contribution >= 0.6 is 0 Å². The second-order valence-electron chi connectivity index (χ2n) is 2.73. The average Bonchev–Trinajstić information content (AvgIpc) is 2.13. The topological polar surface area (TPSA) is 26.3 Å². The fourth-order valence-electron chi connectivity index (χ4n) is 1.07. The van der Waals surface area contributed by atoms with Crippen molar-refractivity contribution in [3.63, 3.8) is 0 Å². The van der Waals surface area contributed by atoms with Crippen LogP contribution in [0.3, 0.4) is 0 Å². The Kier molecular flexibility index (Phi) is 3.17. The highest BCUT2D eigenvalue weighted by Crippen LogP contribution is 2.22. The summed E-state index contributed by atoms with van der Waals surface area (Å²) in [5.41, 5.74) is -0.258. The lowest BCUT2D eigenvalue weighted by atomic mass is 10.1. The minimum Gasteiger partial charge on any atom is -0.491 e. The van der Waals surface area contributed by atoms with Crippen molar-refractivity contribution in [3.8, 4) is 5.75 Å². The van der Waals surface area contributed by atoms with E-state index in [0.717, 1.165) is 0 Å². The smallest absolute Gasteiger partial charge is 0.201 e. The van der Waals surface area contributed by atoms with E-state index in [1.165, 1.54) is 19.1 Å². The Morgan fingerprint density at radius 2 is 2.00 bits per heavy atom. The first-order chi connectivity index (χ1) is 6.57. The Morgan fingerprint density at radius 1 is 1.36 bits per heavy atom. The number of hydrogen-bond acceptors (Lipinski definition) is 2. The second-order valence-corrected chi connectivity index (χ2v) is 2.73. The lowest BCUT2D eigenvalue weighted by Gasteiger charge is -2.06. The Hall–Kier alpha value is -1.45. The van der Waals surface area contributed by atoms with E-state index in [4.69, 9.17) is 4.74 Å². The number of benzene rings is 1. The van der Waals surface area contributed by atoms with Crippen molar-refractivity contribution in [2.45, 2.75) is 13.8 Å². The van der Waals surface area contributed by atoms with Crippen LogP contribution in [-0.4, -0.2) is 12.4 Å². The fraction of sp³-hybridized carbons (Fsp3) is 0.300. The maximum Gasteiger partial charge on any atom is 0.201 e. The molecule has 1 rings (SSSR count). The maximum atomic E-state index is 13.2. The van der Waals surface area contributed by atoms with Crippen molar-refractivity contribution < 1.29 is 18.3 Å². The predicted octanol–water partition coefficient (Wildman–Crippen LogP) is 2.57. The quantitative estimate of drug-likeness (QED) is 0.701. The van der Waals surface area contributed by atoms with Crippen LogP contribution in [0.4, 0.5) is 8.78 Å². The summed E-state index contributed by atoms with van der Waals surface area (Å²) < 4.78 is 31.1.